The summed E-state index contributed by atoms with van der Waals surface area (Å²) in [6, 6.07) is 15.3. The van der Waals surface area contributed by atoms with Gasteiger partial charge in [-0.2, -0.15) is 4.98 Å². The number of carbonyl (C=O) groups is 1. The van der Waals surface area contributed by atoms with E-state index in [-0.39, 0.29) is 12.3 Å². The molecular formula is C26H27N5O3. The lowest BCUT2D eigenvalue weighted by atomic mass is 10.1. The third-order valence-corrected chi connectivity index (χ3v) is 5.89. The van der Waals surface area contributed by atoms with E-state index in [0.717, 1.165) is 41.4 Å². The van der Waals surface area contributed by atoms with Crippen LogP contribution in [0.25, 0.3) is 22.8 Å². The van der Waals surface area contributed by atoms with Crippen molar-refractivity contribution in [2.45, 2.75) is 45.6 Å². The second-order valence-corrected chi connectivity index (χ2v) is 8.28. The van der Waals surface area contributed by atoms with Crippen molar-refractivity contribution < 1.29 is 14.1 Å². The van der Waals surface area contributed by atoms with Crippen LogP contribution >= 0.6 is 0 Å². The number of rotatable bonds is 8. The highest BCUT2D eigenvalue weighted by molar-refractivity contribution is 5.91. The van der Waals surface area contributed by atoms with E-state index >= 15 is 0 Å². The molecule has 8 nitrogen and oxygen atoms in total. The topological polar surface area (TPSA) is 95.1 Å². The van der Waals surface area contributed by atoms with E-state index in [1.165, 1.54) is 18.5 Å². The van der Waals surface area contributed by atoms with E-state index in [4.69, 9.17) is 9.26 Å². The molecule has 174 valence electrons. The Hall–Kier alpha value is -3.94. The zero-order chi connectivity index (χ0) is 23.3. The fourth-order valence-electron chi connectivity index (χ4n) is 4.15. The summed E-state index contributed by atoms with van der Waals surface area (Å²) in [6.45, 7) is 3.57. The molecule has 0 saturated heterocycles. The number of benzene rings is 2. The number of nitrogens with zero attached hydrogens (tertiary/aromatic N) is 4. The van der Waals surface area contributed by atoms with Crippen LogP contribution in [0.15, 0.2) is 59.3 Å². The third kappa shape index (κ3) is 4.85. The molecule has 0 aliphatic carbocycles. The fraction of sp³-hybridized carbons (Fsp3) is 0.308. The summed E-state index contributed by atoms with van der Waals surface area (Å²) in [5.41, 5.74) is 3.94. The highest BCUT2D eigenvalue weighted by Gasteiger charge is 2.15. The third-order valence-electron chi connectivity index (χ3n) is 5.89. The van der Waals surface area contributed by atoms with Crippen LogP contribution in [0.2, 0.25) is 0 Å². The molecule has 0 fully saturated rings. The Kier molecular flexibility index (Phi) is 6.38. The van der Waals surface area contributed by atoms with Crippen molar-refractivity contribution >= 4 is 11.6 Å². The minimum Gasteiger partial charge on any atom is -0.494 e. The SMILES string of the molecule is CCOc1ccc(-c2noc(CCC(=O)Nc3ccc(-c4ncc5n4CCCC5)cc3)n2)cc1. The summed E-state index contributed by atoms with van der Waals surface area (Å²) >= 11 is 0. The van der Waals surface area contributed by atoms with Crippen molar-refractivity contribution in [3.63, 3.8) is 0 Å². The first-order chi connectivity index (χ1) is 16.7. The number of nitrogens with one attached hydrogen (secondary N) is 1. The van der Waals surface area contributed by atoms with Gasteiger partial charge in [-0.3, -0.25) is 4.79 Å². The van der Waals surface area contributed by atoms with Crippen LogP contribution in [0.3, 0.4) is 0 Å². The highest BCUT2D eigenvalue weighted by atomic mass is 16.5. The van der Waals surface area contributed by atoms with Crippen LogP contribution < -0.4 is 10.1 Å². The number of hydrogen-bond acceptors (Lipinski definition) is 6. The number of anilines is 1. The van der Waals surface area contributed by atoms with E-state index in [2.05, 4.69) is 25.0 Å². The van der Waals surface area contributed by atoms with E-state index in [1.807, 2.05) is 61.7 Å². The van der Waals surface area contributed by atoms with Crippen molar-refractivity contribution in [1.82, 2.24) is 19.7 Å². The first-order valence-electron chi connectivity index (χ1n) is 11.7. The molecule has 0 saturated carbocycles. The normalized spacial score (nSPS) is 12.9. The van der Waals surface area contributed by atoms with Gasteiger partial charge in [-0.25, -0.2) is 4.98 Å². The van der Waals surface area contributed by atoms with E-state index < -0.39 is 0 Å². The molecule has 0 spiro atoms. The Labute approximate surface area is 198 Å². The zero-order valence-corrected chi connectivity index (χ0v) is 19.2. The molecular weight excluding hydrogens is 430 g/mol. The van der Waals surface area contributed by atoms with Crippen molar-refractivity contribution in [2.24, 2.45) is 0 Å². The van der Waals surface area contributed by atoms with Gasteiger partial charge in [-0.15, -0.1) is 0 Å². The second kappa shape index (κ2) is 9.91. The van der Waals surface area contributed by atoms with Crippen LogP contribution in [0.5, 0.6) is 5.75 Å². The summed E-state index contributed by atoms with van der Waals surface area (Å²) in [5.74, 6) is 2.61. The zero-order valence-electron chi connectivity index (χ0n) is 19.2. The molecule has 4 aromatic rings. The standard InChI is InChI=1S/C26H27N5O3/c1-2-33-22-12-8-18(9-13-22)25-29-24(34-30-25)15-14-23(32)28-20-10-6-19(7-11-20)26-27-17-21-5-3-4-16-31(21)26/h6-13,17H,2-5,14-16H2,1H3,(H,28,32). The van der Waals surface area contributed by atoms with Crippen molar-refractivity contribution in [2.75, 3.05) is 11.9 Å². The van der Waals surface area contributed by atoms with Crippen molar-refractivity contribution in [3.8, 4) is 28.5 Å². The summed E-state index contributed by atoms with van der Waals surface area (Å²) in [7, 11) is 0. The quantitative estimate of drug-likeness (QED) is 0.404. The predicted molar refractivity (Wildman–Crippen MR) is 128 cm³/mol. The van der Waals surface area contributed by atoms with E-state index in [9.17, 15) is 4.79 Å². The van der Waals surface area contributed by atoms with Crippen LogP contribution in [-0.2, 0) is 24.2 Å². The van der Waals surface area contributed by atoms with Gasteiger partial charge in [0.05, 0.1) is 6.61 Å². The Morgan fingerprint density at radius 3 is 2.68 bits per heavy atom. The van der Waals surface area contributed by atoms with Crippen LogP contribution in [0.1, 0.15) is 37.8 Å². The maximum atomic E-state index is 12.4. The second-order valence-electron chi connectivity index (χ2n) is 8.28. The Morgan fingerprint density at radius 1 is 1.09 bits per heavy atom. The van der Waals surface area contributed by atoms with Gasteiger partial charge >= 0.3 is 0 Å². The number of amides is 1. The minimum atomic E-state index is -0.105. The molecule has 3 heterocycles. The molecule has 0 bridgehead atoms. The molecule has 1 aliphatic rings. The Bertz CT molecular complexity index is 1260. The van der Waals surface area contributed by atoms with Gasteiger partial charge < -0.3 is 19.1 Å². The number of aryl methyl sites for hydroxylation is 2. The van der Waals surface area contributed by atoms with Gasteiger partial charge in [0, 0.05) is 48.1 Å². The number of carbonyl (C=O) groups excluding carboxylic acids is 1. The lowest BCUT2D eigenvalue weighted by Crippen LogP contribution is -2.12. The molecule has 1 N–H and O–H groups in total. The summed E-state index contributed by atoms with van der Waals surface area (Å²) in [4.78, 5) is 21.4. The average Bonchev–Trinajstić information content (AvgIpc) is 3.52. The number of aromatic nitrogens is 4. The molecule has 5 rings (SSSR count). The maximum Gasteiger partial charge on any atom is 0.227 e. The van der Waals surface area contributed by atoms with Gasteiger partial charge in [-0.1, -0.05) is 5.16 Å². The lowest BCUT2D eigenvalue weighted by Gasteiger charge is -2.16. The van der Waals surface area contributed by atoms with Crippen LogP contribution in [0, 0.1) is 0 Å². The lowest BCUT2D eigenvalue weighted by molar-refractivity contribution is -0.116. The van der Waals surface area contributed by atoms with Gasteiger partial charge in [0.2, 0.25) is 17.6 Å². The van der Waals surface area contributed by atoms with Crippen molar-refractivity contribution in [3.05, 3.63) is 66.3 Å². The molecule has 34 heavy (non-hydrogen) atoms. The predicted octanol–water partition coefficient (Wildman–Crippen LogP) is 4.91. The minimum absolute atomic E-state index is 0.105. The van der Waals surface area contributed by atoms with Crippen LogP contribution in [0.4, 0.5) is 5.69 Å². The summed E-state index contributed by atoms with van der Waals surface area (Å²) < 4.78 is 13.1. The van der Waals surface area contributed by atoms with Crippen LogP contribution in [-0.4, -0.2) is 32.2 Å². The first-order valence-corrected chi connectivity index (χ1v) is 11.7. The van der Waals surface area contributed by atoms with Gasteiger partial charge in [0.1, 0.15) is 11.6 Å². The maximum absolute atomic E-state index is 12.4. The molecule has 2 aromatic carbocycles. The first kappa shape index (κ1) is 21.9. The monoisotopic (exact) mass is 457 g/mol. The van der Waals surface area contributed by atoms with Gasteiger partial charge in [0.25, 0.3) is 0 Å². The highest BCUT2D eigenvalue weighted by Crippen LogP contribution is 2.26. The van der Waals surface area contributed by atoms with Gasteiger partial charge in [-0.05, 0) is 74.7 Å². The fourth-order valence-corrected chi connectivity index (χ4v) is 4.15. The largest absolute Gasteiger partial charge is 0.494 e. The van der Waals surface area contributed by atoms with E-state index in [0.29, 0.717) is 24.7 Å². The van der Waals surface area contributed by atoms with Gasteiger partial charge in [0.15, 0.2) is 0 Å². The molecule has 2 aromatic heterocycles. The smallest absolute Gasteiger partial charge is 0.227 e. The summed E-state index contributed by atoms with van der Waals surface area (Å²) in [5, 5.41) is 6.96. The molecule has 1 aliphatic heterocycles. The number of imidazole rings is 1. The van der Waals surface area contributed by atoms with Crippen molar-refractivity contribution in [1.29, 1.82) is 0 Å². The Balaban J connectivity index is 1.15. The van der Waals surface area contributed by atoms with E-state index in [1.54, 1.807) is 0 Å². The Morgan fingerprint density at radius 2 is 1.88 bits per heavy atom. The molecule has 0 radical (unpaired) electrons. The number of fused-ring (bicyclic) bond motifs is 1. The molecule has 0 unspecified atom stereocenters. The molecule has 8 heteroatoms. The molecule has 0 atom stereocenters. The summed E-state index contributed by atoms with van der Waals surface area (Å²) in [6.07, 6.45) is 6.09. The molecule has 1 amide bonds. The average molecular weight is 458 g/mol. The number of hydrogen-bond donors (Lipinski definition) is 1. The number of ether oxygens (including phenoxy) is 1.